The smallest absolute Gasteiger partial charge is 0.290 e. The number of hydrogen-bond acceptors (Lipinski definition) is 7. The molecule has 156 valence electrons. The third kappa shape index (κ3) is 3.95. The summed E-state index contributed by atoms with van der Waals surface area (Å²) >= 11 is 2.54. The first-order valence-electron chi connectivity index (χ1n) is 9.48. The van der Waals surface area contributed by atoms with Crippen LogP contribution in [0.3, 0.4) is 0 Å². The van der Waals surface area contributed by atoms with Crippen molar-refractivity contribution in [2.45, 2.75) is 26.9 Å². The van der Waals surface area contributed by atoms with Crippen molar-refractivity contribution in [3.05, 3.63) is 50.7 Å². The standard InChI is InChI=1S/C21H21N3O4S2/c1-11-12(2)29-20-17(11)19(26)22-13(3)24(20)8-9-28-15-6-4-14(5-7-15)10-16-18(25)23-21(27)30-16/h4-7,10,13H,8-9H2,1-3H3,(H,22,26)(H,23,25,27). The van der Waals surface area contributed by atoms with E-state index in [-0.39, 0.29) is 23.2 Å². The van der Waals surface area contributed by atoms with Crippen molar-refractivity contribution in [1.29, 1.82) is 0 Å². The van der Waals surface area contributed by atoms with Crippen LogP contribution >= 0.6 is 23.1 Å². The topological polar surface area (TPSA) is 87.7 Å². The summed E-state index contributed by atoms with van der Waals surface area (Å²) in [4.78, 5) is 38.9. The van der Waals surface area contributed by atoms with E-state index in [1.165, 1.54) is 0 Å². The molecule has 7 nitrogen and oxygen atoms in total. The van der Waals surface area contributed by atoms with Gasteiger partial charge in [0, 0.05) is 4.88 Å². The molecule has 0 bridgehead atoms. The number of carbonyl (C=O) groups is 3. The van der Waals surface area contributed by atoms with Gasteiger partial charge >= 0.3 is 0 Å². The molecule has 2 aliphatic rings. The van der Waals surface area contributed by atoms with Crippen LogP contribution in [0.5, 0.6) is 5.75 Å². The van der Waals surface area contributed by atoms with Crippen LogP contribution in [0.1, 0.15) is 33.3 Å². The molecule has 9 heteroatoms. The zero-order valence-electron chi connectivity index (χ0n) is 16.8. The summed E-state index contributed by atoms with van der Waals surface area (Å²) in [6.45, 7) is 7.08. The van der Waals surface area contributed by atoms with E-state index in [1.807, 2.05) is 45.0 Å². The fourth-order valence-electron chi connectivity index (χ4n) is 3.38. The second-order valence-corrected chi connectivity index (χ2v) is 9.29. The Labute approximate surface area is 182 Å². The minimum Gasteiger partial charge on any atom is -0.492 e. The lowest BCUT2D eigenvalue weighted by Gasteiger charge is -2.35. The molecule has 1 aromatic carbocycles. The molecule has 3 heterocycles. The molecule has 0 saturated carbocycles. The lowest BCUT2D eigenvalue weighted by atomic mass is 10.1. The Morgan fingerprint density at radius 1 is 1.13 bits per heavy atom. The van der Waals surface area contributed by atoms with Gasteiger partial charge in [0.2, 0.25) is 0 Å². The Bertz CT molecular complexity index is 1060. The number of thioether (sulfide) groups is 1. The van der Waals surface area contributed by atoms with Crippen molar-refractivity contribution < 1.29 is 19.1 Å². The minimum atomic E-state index is -0.369. The van der Waals surface area contributed by atoms with Gasteiger partial charge in [-0.2, -0.15) is 0 Å². The second-order valence-electron chi connectivity index (χ2n) is 7.08. The molecule has 0 radical (unpaired) electrons. The predicted octanol–water partition coefficient (Wildman–Crippen LogP) is 3.66. The third-order valence-corrected chi connectivity index (χ3v) is 7.14. The fraction of sp³-hybridized carbons (Fsp3) is 0.286. The maximum Gasteiger partial charge on any atom is 0.290 e. The number of nitrogens with one attached hydrogen (secondary N) is 2. The van der Waals surface area contributed by atoms with Crippen LogP contribution < -0.4 is 20.3 Å². The van der Waals surface area contributed by atoms with Gasteiger partial charge in [-0.15, -0.1) is 11.3 Å². The molecule has 2 N–H and O–H groups in total. The maximum atomic E-state index is 12.4. The molecule has 1 aromatic heterocycles. The number of amides is 3. The molecule has 3 amide bonds. The Morgan fingerprint density at radius 2 is 1.87 bits per heavy atom. The van der Waals surface area contributed by atoms with Crippen LogP contribution in [-0.2, 0) is 4.79 Å². The number of benzene rings is 1. The molecule has 0 aliphatic carbocycles. The molecule has 4 rings (SSSR count). The van der Waals surface area contributed by atoms with E-state index in [2.05, 4.69) is 15.5 Å². The van der Waals surface area contributed by atoms with Gasteiger partial charge in [-0.1, -0.05) is 12.1 Å². The predicted molar refractivity (Wildman–Crippen MR) is 119 cm³/mol. The molecule has 1 fully saturated rings. The SMILES string of the molecule is Cc1sc2c(c1C)C(=O)NC(C)N2CCOc1ccc(C=C2SC(=O)NC2=O)cc1. The van der Waals surface area contributed by atoms with Crippen molar-refractivity contribution >= 4 is 51.2 Å². The number of nitrogens with zero attached hydrogens (tertiary/aromatic N) is 1. The lowest BCUT2D eigenvalue weighted by Crippen LogP contribution is -2.51. The number of ether oxygens (including phenoxy) is 1. The summed E-state index contributed by atoms with van der Waals surface area (Å²) in [6, 6.07) is 7.34. The minimum absolute atomic E-state index is 0.0166. The van der Waals surface area contributed by atoms with Crippen molar-refractivity contribution in [1.82, 2.24) is 10.6 Å². The summed E-state index contributed by atoms with van der Waals surface area (Å²) < 4.78 is 5.89. The van der Waals surface area contributed by atoms with Gasteiger partial charge in [-0.3, -0.25) is 19.7 Å². The first-order chi connectivity index (χ1) is 14.3. The molecule has 2 aromatic rings. The van der Waals surface area contributed by atoms with Crippen molar-refractivity contribution in [2.75, 3.05) is 18.1 Å². The number of anilines is 1. The monoisotopic (exact) mass is 443 g/mol. The molecule has 2 aliphatic heterocycles. The Balaban J connectivity index is 1.39. The number of fused-ring (bicyclic) bond motifs is 1. The number of carbonyl (C=O) groups excluding carboxylic acids is 3. The summed E-state index contributed by atoms with van der Waals surface area (Å²) in [7, 11) is 0. The first kappa shape index (κ1) is 20.5. The Hall–Kier alpha value is -2.78. The van der Waals surface area contributed by atoms with Crippen LogP contribution in [0.4, 0.5) is 9.80 Å². The fourth-order valence-corrected chi connectivity index (χ4v) is 5.33. The van der Waals surface area contributed by atoms with E-state index in [1.54, 1.807) is 17.4 Å². The molecule has 30 heavy (non-hydrogen) atoms. The average molecular weight is 444 g/mol. The third-order valence-electron chi connectivity index (χ3n) is 5.08. The van der Waals surface area contributed by atoms with Crippen LogP contribution in [0.15, 0.2) is 29.2 Å². The summed E-state index contributed by atoms with van der Waals surface area (Å²) in [5.41, 5.74) is 2.61. The zero-order valence-corrected chi connectivity index (χ0v) is 18.4. The Kier molecular flexibility index (Phi) is 5.57. The highest BCUT2D eigenvalue weighted by Gasteiger charge is 2.32. The van der Waals surface area contributed by atoms with Gasteiger partial charge in [-0.25, -0.2) is 0 Å². The van der Waals surface area contributed by atoms with Gasteiger partial charge in [-0.05, 0) is 61.9 Å². The van der Waals surface area contributed by atoms with E-state index < -0.39 is 0 Å². The van der Waals surface area contributed by atoms with Crippen LogP contribution in [0.25, 0.3) is 6.08 Å². The number of rotatable bonds is 5. The van der Waals surface area contributed by atoms with E-state index in [9.17, 15) is 14.4 Å². The highest BCUT2D eigenvalue weighted by molar-refractivity contribution is 8.18. The van der Waals surface area contributed by atoms with Gasteiger partial charge in [0.05, 0.1) is 23.2 Å². The second kappa shape index (κ2) is 8.16. The molecule has 0 spiro atoms. The van der Waals surface area contributed by atoms with E-state index in [0.717, 1.165) is 38.3 Å². The molecule has 1 atom stereocenters. The first-order valence-corrected chi connectivity index (χ1v) is 11.1. The van der Waals surface area contributed by atoms with Gasteiger partial charge in [0.15, 0.2) is 0 Å². The molecular weight excluding hydrogens is 422 g/mol. The van der Waals surface area contributed by atoms with Crippen LogP contribution in [0, 0.1) is 13.8 Å². The number of aryl methyl sites for hydroxylation is 1. The zero-order chi connectivity index (χ0) is 21.4. The van der Waals surface area contributed by atoms with Crippen molar-refractivity contribution in [3.8, 4) is 5.75 Å². The van der Waals surface area contributed by atoms with Gasteiger partial charge in [0.1, 0.15) is 17.4 Å². The quantitative estimate of drug-likeness (QED) is 0.686. The van der Waals surface area contributed by atoms with Crippen LogP contribution in [-0.4, -0.2) is 36.4 Å². The highest BCUT2D eigenvalue weighted by atomic mass is 32.2. The summed E-state index contributed by atoms with van der Waals surface area (Å²) in [5.74, 6) is 0.327. The lowest BCUT2D eigenvalue weighted by molar-refractivity contribution is -0.115. The van der Waals surface area contributed by atoms with Gasteiger partial charge in [0.25, 0.3) is 17.1 Å². The van der Waals surface area contributed by atoms with E-state index >= 15 is 0 Å². The van der Waals surface area contributed by atoms with Crippen LogP contribution in [0.2, 0.25) is 0 Å². The summed E-state index contributed by atoms with van der Waals surface area (Å²) in [6.07, 6.45) is 1.58. The van der Waals surface area contributed by atoms with Crippen molar-refractivity contribution in [3.63, 3.8) is 0 Å². The summed E-state index contributed by atoms with van der Waals surface area (Å²) in [5, 5.41) is 5.89. The van der Waals surface area contributed by atoms with Crippen molar-refractivity contribution in [2.24, 2.45) is 0 Å². The number of hydrogen-bond donors (Lipinski definition) is 2. The Morgan fingerprint density at radius 3 is 2.53 bits per heavy atom. The highest BCUT2D eigenvalue weighted by Crippen LogP contribution is 2.38. The normalized spacial score (nSPS) is 19.7. The number of thiophene rings is 1. The molecular formula is C21H21N3O4S2. The average Bonchev–Trinajstić information content (AvgIpc) is 3.17. The largest absolute Gasteiger partial charge is 0.492 e. The molecule has 1 unspecified atom stereocenters. The molecule has 1 saturated heterocycles. The van der Waals surface area contributed by atoms with Gasteiger partial charge < -0.3 is 15.0 Å². The van der Waals surface area contributed by atoms with E-state index in [4.69, 9.17) is 4.74 Å². The number of imide groups is 1. The van der Waals surface area contributed by atoms with E-state index in [0.29, 0.717) is 23.8 Å². The maximum absolute atomic E-state index is 12.4.